The Morgan fingerprint density at radius 1 is 0.913 bits per heavy atom. The molecule has 0 aromatic heterocycles. The highest BCUT2D eigenvalue weighted by molar-refractivity contribution is 6.30. The lowest BCUT2D eigenvalue weighted by Crippen LogP contribution is -2.53. The van der Waals surface area contributed by atoms with E-state index >= 15 is 0 Å². The highest BCUT2D eigenvalue weighted by Crippen LogP contribution is 2.34. The van der Waals surface area contributed by atoms with Crippen LogP contribution in [0.3, 0.4) is 0 Å². The second-order valence-electron chi connectivity index (χ2n) is 14.5. The number of halogens is 1. The smallest absolute Gasteiger partial charge is 0.316 e. The molecule has 1 saturated heterocycles. The first kappa shape index (κ1) is 37.0. The zero-order valence-electron chi connectivity index (χ0n) is 28.2. The van der Waals surface area contributed by atoms with Crippen LogP contribution in [0.1, 0.15) is 85.5 Å². The van der Waals surface area contributed by atoms with Gasteiger partial charge in [0, 0.05) is 30.2 Å². The molecule has 1 unspecified atom stereocenters. The number of likely N-dealkylation sites (tertiary alicyclic amines) is 1. The fourth-order valence-electron chi connectivity index (χ4n) is 4.60. The van der Waals surface area contributed by atoms with Crippen molar-refractivity contribution in [3.63, 3.8) is 0 Å². The van der Waals surface area contributed by atoms with E-state index in [2.05, 4.69) is 10.6 Å². The maximum absolute atomic E-state index is 13.2. The molecule has 2 aromatic rings. The number of hydrogen-bond acceptors (Lipinski definition) is 8. The van der Waals surface area contributed by atoms with Crippen LogP contribution in [0.2, 0.25) is 5.02 Å². The average Bonchev–Trinajstić information content (AvgIpc) is 3.46. The van der Waals surface area contributed by atoms with Gasteiger partial charge >= 0.3 is 11.9 Å². The molecule has 1 aliphatic heterocycles. The Kier molecular flexibility index (Phi) is 12.0. The standard InChI is InChI=1S/C35H48ClN3O7/c1-33(2,3)31(43)45-27-16-13-23(19-28(27)46-32(44)34(4,5)6)26(40)20-38-35(7,8)21-37-30(42)25-10-9-17-39(25)29(41)18-22-11-14-24(36)15-12-22/h11-16,19,25-26,38,40H,9-10,17-18,20-21H2,1-8H3,(H,37,42)/t25-,26?/m0/s1. The zero-order chi connectivity index (χ0) is 34.4. The van der Waals surface area contributed by atoms with Crippen LogP contribution in [0.15, 0.2) is 42.5 Å². The third kappa shape index (κ3) is 10.5. The molecule has 1 aliphatic rings. The van der Waals surface area contributed by atoms with Gasteiger partial charge in [0.05, 0.1) is 23.4 Å². The zero-order valence-corrected chi connectivity index (χ0v) is 28.9. The number of aliphatic hydroxyl groups excluding tert-OH is 1. The quantitative estimate of drug-likeness (QED) is 0.227. The normalized spacial score (nSPS) is 16.1. The van der Waals surface area contributed by atoms with Crippen molar-refractivity contribution < 1.29 is 33.8 Å². The Bertz CT molecular complexity index is 1410. The highest BCUT2D eigenvalue weighted by atomic mass is 35.5. The van der Waals surface area contributed by atoms with E-state index in [9.17, 15) is 24.3 Å². The molecular weight excluding hydrogens is 610 g/mol. The number of esters is 2. The summed E-state index contributed by atoms with van der Waals surface area (Å²) in [5, 5.41) is 17.9. The van der Waals surface area contributed by atoms with Crippen molar-refractivity contribution in [2.45, 2.75) is 92.3 Å². The predicted octanol–water partition coefficient (Wildman–Crippen LogP) is 4.99. The lowest BCUT2D eigenvalue weighted by molar-refractivity contribution is -0.145. The fourth-order valence-corrected chi connectivity index (χ4v) is 4.72. The molecule has 0 saturated carbocycles. The van der Waals surface area contributed by atoms with Crippen LogP contribution in [0.4, 0.5) is 0 Å². The number of nitrogens with zero attached hydrogens (tertiary/aromatic N) is 1. The molecule has 3 N–H and O–H groups in total. The van der Waals surface area contributed by atoms with Gasteiger partial charge in [-0.3, -0.25) is 19.2 Å². The second-order valence-corrected chi connectivity index (χ2v) is 15.0. The van der Waals surface area contributed by atoms with Crippen LogP contribution in [0, 0.1) is 10.8 Å². The fraction of sp³-hybridized carbons (Fsp3) is 0.543. The minimum atomic E-state index is -1.01. The lowest BCUT2D eigenvalue weighted by atomic mass is 9.97. The van der Waals surface area contributed by atoms with Crippen molar-refractivity contribution in [1.82, 2.24) is 15.5 Å². The maximum Gasteiger partial charge on any atom is 0.316 e. The largest absolute Gasteiger partial charge is 0.422 e. The summed E-state index contributed by atoms with van der Waals surface area (Å²) in [6, 6.07) is 11.2. The Balaban J connectivity index is 1.61. The number of rotatable bonds is 11. The highest BCUT2D eigenvalue weighted by Gasteiger charge is 2.35. The minimum Gasteiger partial charge on any atom is -0.422 e. The van der Waals surface area contributed by atoms with E-state index in [-0.39, 0.29) is 42.8 Å². The lowest BCUT2D eigenvalue weighted by Gasteiger charge is -2.30. The molecular formula is C35H48ClN3O7. The van der Waals surface area contributed by atoms with Crippen molar-refractivity contribution >= 4 is 35.4 Å². The molecule has 2 atom stereocenters. The third-order valence-corrected chi connectivity index (χ3v) is 7.86. The van der Waals surface area contributed by atoms with E-state index < -0.39 is 40.5 Å². The Morgan fingerprint density at radius 2 is 1.50 bits per heavy atom. The van der Waals surface area contributed by atoms with Gasteiger partial charge in [0.1, 0.15) is 6.04 Å². The van der Waals surface area contributed by atoms with Gasteiger partial charge in [-0.2, -0.15) is 0 Å². The van der Waals surface area contributed by atoms with Crippen molar-refractivity contribution in [3.8, 4) is 11.5 Å². The van der Waals surface area contributed by atoms with E-state index in [1.54, 1.807) is 64.6 Å². The first-order valence-electron chi connectivity index (χ1n) is 15.6. The molecule has 3 rings (SSSR count). The van der Waals surface area contributed by atoms with Crippen LogP contribution < -0.4 is 20.1 Å². The minimum absolute atomic E-state index is 0.0346. The molecule has 46 heavy (non-hydrogen) atoms. The van der Waals surface area contributed by atoms with Gasteiger partial charge in [-0.25, -0.2) is 0 Å². The SMILES string of the molecule is CC(C)(CNC(=O)[C@@H]1CCCN1C(=O)Cc1ccc(Cl)cc1)NCC(O)c1ccc(OC(=O)C(C)(C)C)c(OC(=O)C(C)(C)C)c1. The van der Waals surface area contributed by atoms with E-state index in [4.69, 9.17) is 21.1 Å². The van der Waals surface area contributed by atoms with Crippen molar-refractivity contribution in [1.29, 1.82) is 0 Å². The summed E-state index contributed by atoms with van der Waals surface area (Å²) in [6.07, 6.45) is 0.529. The molecule has 1 heterocycles. The molecule has 0 radical (unpaired) electrons. The number of carbonyl (C=O) groups excluding carboxylic acids is 4. The maximum atomic E-state index is 13.2. The van der Waals surface area contributed by atoms with E-state index in [0.717, 1.165) is 12.0 Å². The van der Waals surface area contributed by atoms with E-state index in [1.807, 2.05) is 26.0 Å². The predicted molar refractivity (Wildman–Crippen MR) is 177 cm³/mol. The molecule has 0 spiro atoms. The van der Waals surface area contributed by atoms with Crippen LogP contribution in [0.25, 0.3) is 0 Å². The van der Waals surface area contributed by atoms with E-state index in [1.165, 1.54) is 12.1 Å². The number of β-amino-alcohol motifs (C(OH)–C–C–N with tert-alkyl or cyclic N) is 1. The molecule has 252 valence electrons. The van der Waals surface area contributed by atoms with Gasteiger partial charge in [0.15, 0.2) is 11.5 Å². The number of aliphatic hydroxyl groups is 1. The van der Waals surface area contributed by atoms with Crippen molar-refractivity contribution in [2.24, 2.45) is 10.8 Å². The number of nitrogens with one attached hydrogen (secondary N) is 2. The number of hydrogen-bond donors (Lipinski definition) is 3. The van der Waals surface area contributed by atoms with Gasteiger partial charge in [-0.05, 0) is 104 Å². The summed E-state index contributed by atoms with van der Waals surface area (Å²) in [6.45, 7) is 15.0. The Labute approximate surface area is 277 Å². The van der Waals surface area contributed by atoms with Crippen LogP contribution in [-0.4, -0.2) is 65.0 Å². The Morgan fingerprint density at radius 3 is 2.09 bits per heavy atom. The van der Waals surface area contributed by atoms with Crippen molar-refractivity contribution in [2.75, 3.05) is 19.6 Å². The summed E-state index contributed by atoms with van der Waals surface area (Å²) in [5.74, 6) is -1.22. The number of amides is 2. The van der Waals surface area contributed by atoms with E-state index in [0.29, 0.717) is 23.6 Å². The average molecular weight is 658 g/mol. The van der Waals surface area contributed by atoms with Crippen LogP contribution in [-0.2, 0) is 25.6 Å². The third-order valence-electron chi connectivity index (χ3n) is 7.61. The van der Waals surface area contributed by atoms with Gasteiger partial charge in [0.2, 0.25) is 11.8 Å². The molecule has 1 fully saturated rings. The van der Waals surface area contributed by atoms with Gasteiger partial charge in [-0.15, -0.1) is 0 Å². The summed E-state index contributed by atoms with van der Waals surface area (Å²) in [7, 11) is 0. The van der Waals surface area contributed by atoms with Crippen molar-refractivity contribution in [3.05, 3.63) is 58.6 Å². The molecule has 10 nitrogen and oxygen atoms in total. The number of ether oxygens (including phenoxy) is 2. The Hall–Kier alpha value is -3.47. The van der Waals surface area contributed by atoms with Gasteiger partial charge < -0.3 is 30.1 Å². The summed E-state index contributed by atoms with van der Waals surface area (Å²) < 4.78 is 11.2. The summed E-state index contributed by atoms with van der Waals surface area (Å²) >= 11 is 5.95. The molecule has 0 bridgehead atoms. The number of carbonyl (C=O) groups is 4. The second kappa shape index (κ2) is 15.0. The van der Waals surface area contributed by atoms with Gasteiger partial charge in [-0.1, -0.05) is 29.8 Å². The van der Waals surface area contributed by atoms with Crippen LogP contribution in [0.5, 0.6) is 11.5 Å². The molecule has 0 aliphatic carbocycles. The number of benzene rings is 2. The summed E-state index contributed by atoms with van der Waals surface area (Å²) in [4.78, 5) is 53.0. The van der Waals surface area contributed by atoms with Crippen LogP contribution >= 0.6 is 11.6 Å². The molecule has 2 amide bonds. The first-order chi connectivity index (χ1) is 21.3. The van der Waals surface area contributed by atoms with Gasteiger partial charge in [0.25, 0.3) is 0 Å². The molecule has 2 aromatic carbocycles. The summed E-state index contributed by atoms with van der Waals surface area (Å²) in [5.41, 5.74) is -0.922. The first-order valence-corrected chi connectivity index (χ1v) is 16.0. The topological polar surface area (TPSA) is 134 Å². The monoisotopic (exact) mass is 657 g/mol. The molecule has 11 heteroatoms.